The van der Waals surface area contributed by atoms with E-state index in [-0.39, 0.29) is 65.0 Å². The number of hydrogen-bond donors (Lipinski definition) is 9. The molecule has 5 aliphatic heterocycles. The van der Waals surface area contributed by atoms with Gasteiger partial charge < -0.3 is 72.6 Å². The number of aliphatic hydroxyl groups excluding tert-OH is 2. The van der Waals surface area contributed by atoms with Gasteiger partial charge in [0.15, 0.2) is 0 Å². The quantitative estimate of drug-likeness (QED) is 0.0579. The highest BCUT2D eigenvalue weighted by molar-refractivity contribution is 5.98. The predicted molar refractivity (Wildman–Crippen MR) is 217 cm³/mol. The molecule has 11 N–H and O–H groups in total. The van der Waals surface area contributed by atoms with Gasteiger partial charge in [0.05, 0.1) is 31.8 Å². The maximum Gasteiger partial charge on any atom is 0.322 e. The average molecular weight is 892 g/mol. The minimum atomic E-state index is -1.25. The van der Waals surface area contributed by atoms with Crippen LogP contribution in [0.1, 0.15) is 70.6 Å². The first kappa shape index (κ1) is 48.6. The van der Waals surface area contributed by atoms with Crippen molar-refractivity contribution in [3.8, 4) is 0 Å². The summed E-state index contributed by atoms with van der Waals surface area (Å²) in [4.78, 5) is 137. The first-order valence-corrected chi connectivity index (χ1v) is 21.7. The summed E-state index contributed by atoms with van der Waals surface area (Å²) in [7, 11) is 0. The SMILES string of the molecule is NCCCC[C@H](NC(=O)CN)C(=O)N1CCC[C@H]1C(=O)NCC(=O)N1C[C@H](O)C[C@H]1C(=O)N1CCC[C@H]1C(=O)NCC(=O)N1C[C@H](O)C[C@H]1C(=O)N1CCC[C@H]1C(=O)NCC(=O)O. The molecule has 350 valence electrons. The van der Waals surface area contributed by atoms with Crippen molar-refractivity contribution in [2.45, 2.75) is 119 Å². The zero-order valence-corrected chi connectivity index (χ0v) is 35.3. The Morgan fingerprint density at radius 2 is 1.00 bits per heavy atom. The minimum Gasteiger partial charge on any atom is -0.480 e. The molecule has 8 atom stereocenters. The third kappa shape index (κ3) is 12.0. The van der Waals surface area contributed by atoms with Crippen LogP contribution in [-0.2, 0) is 47.9 Å². The number of nitrogens with zero attached hydrogens (tertiary/aromatic N) is 5. The lowest BCUT2D eigenvalue weighted by molar-refractivity contribution is -0.148. The molecule has 0 spiro atoms. The van der Waals surface area contributed by atoms with Crippen LogP contribution in [0.2, 0.25) is 0 Å². The van der Waals surface area contributed by atoms with Gasteiger partial charge in [-0.3, -0.25) is 47.9 Å². The number of nitrogens with one attached hydrogen (secondary N) is 4. The molecule has 0 aromatic carbocycles. The van der Waals surface area contributed by atoms with E-state index in [0.717, 1.165) is 9.80 Å². The highest BCUT2D eigenvalue weighted by atomic mass is 16.4. The summed E-state index contributed by atoms with van der Waals surface area (Å²) in [6, 6.07) is -6.11. The van der Waals surface area contributed by atoms with Gasteiger partial charge in [0, 0.05) is 45.6 Å². The number of rotatable bonds is 18. The number of amides is 9. The predicted octanol–water partition coefficient (Wildman–Crippen LogP) is -6.11. The Morgan fingerprint density at radius 1 is 0.571 bits per heavy atom. The van der Waals surface area contributed by atoms with E-state index >= 15 is 0 Å². The van der Waals surface area contributed by atoms with E-state index in [9.17, 15) is 58.2 Å². The fourth-order valence-corrected chi connectivity index (χ4v) is 9.19. The molecule has 9 amide bonds. The Balaban J connectivity index is 1.15. The van der Waals surface area contributed by atoms with Crippen LogP contribution in [0.25, 0.3) is 0 Å². The fraction of sp³-hybridized carbons (Fsp3) is 0.744. The van der Waals surface area contributed by atoms with E-state index < -0.39 is 127 Å². The second-order valence-electron chi connectivity index (χ2n) is 16.6. The number of β-amino-alcohol motifs (C(OH)–C–C–N with tert-alkyl or cyclic N) is 2. The standard InChI is InChI=1S/C39H61N11O13/c40-10-2-1-6-24(45-30(53)16-41)37(61)46-11-3-7-25(46)34(58)42-17-31(54)49-20-22(51)14-28(49)38(62)47-12-4-8-26(47)35(59)43-18-32(55)50-21-23(52)15-29(50)39(63)48-13-5-9-27(48)36(60)44-19-33(56)57/h22-29,51-52H,1-21,40-41H2,(H,42,58)(H,43,59)(H,44,60)(H,45,53)(H,56,57)/t22-,23-,24+,25+,26+,27+,28+,29+/m1/s1. The number of hydrogen-bond acceptors (Lipinski definition) is 14. The van der Waals surface area contributed by atoms with Crippen LogP contribution in [0.4, 0.5) is 0 Å². The van der Waals surface area contributed by atoms with Crippen LogP contribution in [0.3, 0.4) is 0 Å². The summed E-state index contributed by atoms with van der Waals surface area (Å²) in [6.07, 6.45) is 1.33. The molecule has 0 aromatic heterocycles. The smallest absolute Gasteiger partial charge is 0.322 e. The molecule has 0 saturated carbocycles. The molecular formula is C39H61N11O13. The number of likely N-dealkylation sites (tertiary alicyclic amines) is 5. The second-order valence-corrected chi connectivity index (χ2v) is 16.6. The maximum atomic E-state index is 14.0. The Morgan fingerprint density at radius 3 is 1.43 bits per heavy atom. The van der Waals surface area contributed by atoms with Crippen molar-refractivity contribution in [3.63, 3.8) is 0 Å². The minimum absolute atomic E-state index is 0.110. The van der Waals surface area contributed by atoms with Gasteiger partial charge in [-0.1, -0.05) is 0 Å². The van der Waals surface area contributed by atoms with Crippen molar-refractivity contribution >= 4 is 59.1 Å². The first-order valence-electron chi connectivity index (χ1n) is 21.7. The van der Waals surface area contributed by atoms with Gasteiger partial charge in [-0.2, -0.15) is 0 Å². The topological polar surface area (TPSA) is 348 Å². The van der Waals surface area contributed by atoms with Gasteiger partial charge in [0.25, 0.3) is 0 Å². The van der Waals surface area contributed by atoms with Crippen molar-refractivity contribution < 1.29 is 63.3 Å². The first-order chi connectivity index (χ1) is 30.1. The maximum absolute atomic E-state index is 14.0. The van der Waals surface area contributed by atoms with E-state index in [1.54, 1.807) is 0 Å². The van der Waals surface area contributed by atoms with E-state index in [0.29, 0.717) is 51.5 Å². The molecule has 5 fully saturated rings. The summed E-state index contributed by atoms with van der Waals surface area (Å²) < 4.78 is 0. The Bertz CT molecular complexity index is 1770. The van der Waals surface area contributed by atoms with Crippen LogP contribution in [0.15, 0.2) is 0 Å². The fourth-order valence-electron chi connectivity index (χ4n) is 9.19. The van der Waals surface area contributed by atoms with Gasteiger partial charge >= 0.3 is 5.97 Å². The van der Waals surface area contributed by atoms with Gasteiger partial charge in [0.2, 0.25) is 53.2 Å². The van der Waals surface area contributed by atoms with Gasteiger partial charge in [-0.05, 0) is 64.3 Å². The lowest BCUT2D eigenvalue weighted by Crippen LogP contribution is -2.56. The Labute approximate surface area is 363 Å². The highest BCUT2D eigenvalue weighted by Gasteiger charge is 2.47. The van der Waals surface area contributed by atoms with Gasteiger partial charge in [-0.25, -0.2) is 0 Å². The molecule has 5 rings (SSSR count). The number of unbranched alkanes of at least 4 members (excludes halogenated alkanes) is 1. The van der Waals surface area contributed by atoms with E-state index in [1.165, 1.54) is 14.7 Å². The lowest BCUT2D eigenvalue weighted by Gasteiger charge is -2.32. The largest absolute Gasteiger partial charge is 0.480 e. The zero-order valence-electron chi connectivity index (χ0n) is 35.3. The molecule has 5 saturated heterocycles. The van der Waals surface area contributed by atoms with Crippen LogP contribution in [-0.4, -0.2) is 213 Å². The van der Waals surface area contributed by atoms with Gasteiger partial charge in [-0.15, -0.1) is 0 Å². The van der Waals surface area contributed by atoms with Crippen LogP contribution in [0.5, 0.6) is 0 Å². The Kier molecular flexibility index (Phi) is 17.2. The number of aliphatic carboxylic acids is 1. The molecule has 24 nitrogen and oxygen atoms in total. The molecule has 24 heteroatoms. The van der Waals surface area contributed by atoms with E-state index in [2.05, 4.69) is 21.3 Å². The third-order valence-electron chi connectivity index (χ3n) is 12.3. The van der Waals surface area contributed by atoms with Crippen molar-refractivity contribution in [2.75, 3.05) is 65.4 Å². The molecule has 0 unspecified atom stereocenters. The summed E-state index contributed by atoms with van der Waals surface area (Å²) in [5.41, 5.74) is 11.0. The van der Waals surface area contributed by atoms with Crippen molar-refractivity contribution in [2.24, 2.45) is 11.5 Å². The molecule has 0 aromatic rings. The molecular weight excluding hydrogens is 830 g/mol. The number of carbonyl (C=O) groups excluding carboxylic acids is 9. The number of carbonyl (C=O) groups is 10. The third-order valence-corrected chi connectivity index (χ3v) is 12.3. The monoisotopic (exact) mass is 891 g/mol. The second kappa shape index (κ2) is 22.2. The number of carboxylic acids is 1. The van der Waals surface area contributed by atoms with Crippen LogP contribution in [0, 0.1) is 0 Å². The Hall–Kier alpha value is -5.46. The summed E-state index contributed by atoms with van der Waals surface area (Å²) >= 11 is 0. The molecule has 0 bridgehead atoms. The lowest BCUT2D eigenvalue weighted by atomic mass is 10.1. The summed E-state index contributed by atoms with van der Waals surface area (Å²) in [5, 5.41) is 39.9. The van der Waals surface area contributed by atoms with Gasteiger partial charge in [0.1, 0.15) is 42.8 Å². The molecule has 5 heterocycles. The van der Waals surface area contributed by atoms with E-state index in [1.807, 2.05) is 0 Å². The number of nitrogens with two attached hydrogens (primary N) is 2. The highest BCUT2D eigenvalue weighted by Crippen LogP contribution is 2.28. The normalized spacial score (nSPS) is 26.1. The molecule has 0 aliphatic carbocycles. The van der Waals surface area contributed by atoms with Crippen molar-refractivity contribution in [3.05, 3.63) is 0 Å². The average Bonchev–Trinajstić information content (AvgIpc) is 4.12. The van der Waals surface area contributed by atoms with Crippen LogP contribution >= 0.6 is 0 Å². The number of carboxylic acid groups (broad SMARTS) is 1. The number of aliphatic hydroxyl groups is 2. The van der Waals surface area contributed by atoms with E-state index in [4.69, 9.17) is 16.6 Å². The van der Waals surface area contributed by atoms with Crippen molar-refractivity contribution in [1.82, 2.24) is 45.8 Å². The zero-order chi connectivity index (χ0) is 46.0. The van der Waals surface area contributed by atoms with Crippen molar-refractivity contribution in [1.29, 1.82) is 0 Å². The summed E-state index contributed by atoms with van der Waals surface area (Å²) in [6.45, 7) is -1.51. The molecule has 63 heavy (non-hydrogen) atoms. The van der Waals surface area contributed by atoms with Crippen LogP contribution < -0.4 is 32.7 Å². The summed E-state index contributed by atoms with van der Waals surface area (Å²) in [5.74, 6) is -6.72. The molecule has 5 aliphatic rings. The molecule has 0 radical (unpaired) electrons.